The summed E-state index contributed by atoms with van der Waals surface area (Å²) in [5.74, 6) is 0.776. The Labute approximate surface area is 195 Å². The van der Waals surface area contributed by atoms with Crippen LogP contribution in [0.3, 0.4) is 0 Å². The highest BCUT2D eigenvalue weighted by Gasteiger charge is 2.27. The molecule has 3 rings (SSSR count). The van der Waals surface area contributed by atoms with Crippen molar-refractivity contribution in [2.45, 2.75) is 36.6 Å². The Balaban J connectivity index is 0.00000300. The lowest BCUT2D eigenvalue weighted by molar-refractivity contribution is 0.347. The van der Waals surface area contributed by atoms with E-state index >= 15 is 0 Å². The summed E-state index contributed by atoms with van der Waals surface area (Å²) in [7, 11) is 0.385. The first-order valence-corrected chi connectivity index (χ1v) is 11.8. The molecular weight excluding hydrogens is 519 g/mol. The number of thiophene rings is 1. The van der Waals surface area contributed by atoms with Crippen molar-refractivity contribution in [1.29, 1.82) is 0 Å². The Morgan fingerprint density at radius 2 is 1.83 bits per heavy atom. The molecule has 1 N–H and O–H groups in total. The maximum absolute atomic E-state index is 12.8. The zero-order chi connectivity index (χ0) is 20.0. The predicted molar refractivity (Wildman–Crippen MR) is 130 cm³/mol. The third-order valence-electron chi connectivity index (χ3n) is 4.80. The highest BCUT2D eigenvalue weighted by atomic mass is 127. The summed E-state index contributed by atoms with van der Waals surface area (Å²) in [5, 5.41) is 3.33. The largest absolute Gasteiger partial charge is 0.351 e. The molecule has 0 amide bonds. The third kappa shape index (κ3) is 6.40. The van der Waals surface area contributed by atoms with Gasteiger partial charge in [0.2, 0.25) is 0 Å². The van der Waals surface area contributed by atoms with Gasteiger partial charge in [-0.25, -0.2) is 8.42 Å². The molecule has 9 heteroatoms. The molecule has 160 valence electrons. The van der Waals surface area contributed by atoms with Crippen molar-refractivity contribution in [3.8, 4) is 0 Å². The number of nitrogens with zero attached hydrogens (tertiary/aromatic N) is 3. The van der Waals surface area contributed by atoms with Crippen molar-refractivity contribution >= 4 is 51.3 Å². The van der Waals surface area contributed by atoms with Gasteiger partial charge in [0, 0.05) is 38.6 Å². The topological polar surface area (TPSA) is 65.0 Å². The normalized spacial score (nSPS) is 15.6. The smallest absolute Gasteiger partial charge is 0.252 e. The number of benzene rings is 1. The van der Waals surface area contributed by atoms with E-state index < -0.39 is 10.0 Å². The maximum atomic E-state index is 12.8. The molecule has 0 bridgehead atoms. The molecule has 29 heavy (non-hydrogen) atoms. The monoisotopic (exact) mass is 548 g/mol. The quantitative estimate of drug-likeness (QED) is 0.340. The Kier molecular flexibility index (Phi) is 9.38. The second-order valence-corrected chi connectivity index (χ2v) is 10.3. The van der Waals surface area contributed by atoms with Crippen LogP contribution >= 0.6 is 35.3 Å². The number of guanidine groups is 1. The molecule has 0 radical (unpaired) electrons. The van der Waals surface area contributed by atoms with Crippen molar-refractivity contribution in [3.05, 3.63) is 52.9 Å². The van der Waals surface area contributed by atoms with Crippen LogP contribution in [0.1, 0.15) is 29.7 Å². The summed E-state index contributed by atoms with van der Waals surface area (Å²) in [6.45, 7) is 2.56. The molecule has 2 aromatic rings. The Bertz CT molecular complexity index is 894. The van der Waals surface area contributed by atoms with E-state index in [9.17, 15) is 8.42 Å². The van der Waals surface area contributed by atoms with Crippen LogP contribution in [-0.2, 0) is 23.1 Å². The number of aliphatic imine (C=N–C) groups is 1. The van der Waals surface area contributed by atoms with E-state index in [4.69, 9.17) is 0 Å². The molecule has 1 aromatic heterocycles. The van der Waals surface area contributed by atoms with Crippen LogP contribution in [0.25, 0.3) is 0 Å². The van der Waals surface area contributed by atoms with Gasteiger partial charge >= 0.3 is 0 Å². The van der Waals surface area contributed by atoms with E-state index in [1.165, 1.54) is 16.9 Å². The van der Waals surface area contributed by atoms with Crippen molar-refractivity contribution in [1.82, 2.24) is 14.5 Å². The van der Waals surface area contributed by atoms with Gasteiger partial charge in [-0.05, 0) is 30.5 Å². The minimum absolute atomic E-state index is 0. The number of hydrogen-bond donors (Lipinski definition) is 1. The lowest BCUT2D eigenvalue weighted by Crippen LogP contribution is -2.37. The number of rotatable bonds is 6. The first-order valence-electron chi connectivity index (χ1n) is 9.55. The Hall–Kier alpha value is -1.17. The molecule has 1 fully saturated rings. The number of nitrogens with one attached hydrogen (secondary N) is 1. The first-order chi connectivity index (χ1) is 13.5. The lowest BCUT2D eigenvalue weighted by atomic mass is 10.2. The second-order valence-electron chi connectivity index (χ2n) is 6.93. The Morgan fingerprint density at radius 1 is 1.14 bits per heavy atom. The summed E-state index contributed by atoms with van der Waals surface area (Å²) >= 11 is 1.34. The van der Waals surface area contributed by atoms with Crippen LogP contribution in [0.4, 0.5) is 0 Å². The minimum Gasteiger partial charge on any atom is -0.351 e. The number of piperidine rings is 1. The van der Waals surface area contributed by atoms with E-state index in [0.717, 1.165) is 36.6 Å². The number of sulfonamides is 1. The highest BCUT2D eigenvalue weighted by molar-refractivity contribution is 14.0. The van der Waals surface area contributed by atoms with E-state index in [-0.39, 0.29) is 24.0 Å². The Morgan fingerprint density at radius 3 is 2.48 bits per heavy atom. The van der Waals surface area contributed by atoms with Crippen LogP contribution in [0.15, 0.2) is 51.7 Å². The molecule has 0 aliphatic carbocycles. The van der Waals surface area contributed by atoms with Crippen molar-refractivity contribution < 1.29 is 8.42 Å². The maximum Gasteiger partial charge on any atom is 0.252 e. The van der Waals surface area contributed by atoms with Crippen molar-refractivity contribution in [2.24, 2.45) is 4.99 Å². The van der Waals surface area contributed by atoms with Crippen LogP contribution in [-0.4, -0.2) is 50.8 Å². The lowest BCUT2D eigenvalue weighted by Gasteiger charge is -2.25. The fourth-order valence-electron chi connectivity index (χ4n) is 3.31. The molecule has 0 unspecified atom stereocenters. The minimum atomic E-state index is -3.36. The van der Waals surface area contributed by atoms with Gasteiger partial charge in [-0.1, -0.05) is 36.8 Å². The van der Waals surface area contributed by atoms with Crippen molar-refractivity contribution in [2.75, 3.05) is 27.2 Å². The molecular formula is C20H29IN4O2S2. The first kappa shape index (κ1) is 24.1. The molecule has 1 aromatic carbocycles. The van der Waals surface area contributed by atoms with Gasteiger partial charge in [0.05, 0.1) is 6.54 Å². The molecule has 2 heterocycles. The van der Waals surface area contributed by atoms with Gasteiger partial charge in [0.15, 0.2) is 5.96 Å². The van der Waals surface area contributed by atoms with Crippen LogP contribution in [0.2, 0.25) is 0 Å². The molecule has 0 saturated carbocycles. The van der Waals surface area contributed by atoms with E-state index in [1.54, 1.807) is 17.4 Å². The van der Waals surface area contributed by atoms with Gasteiger partial charge in [-0.3, -0.25) is 4.99 Å². The van der Waals surface area contributed by atoms with Gasteiger partial charge in [-0.15, -0.1) is 35.3 Å². The average molecular weight is 549 g/mol. The SMILES string of the molecule is CN=C(NCc1ccc(S(=O)(=O)N2CCCCC2)s1)N(C)Cc1ccccc1.I. The van der Waals surface area contributed by atoms with E-state index in [2.05, 4.69) is 22.4 Å². The predicted octanol–water partition coefficient (Wildman–Crippen LogP) is 3.75. The van der Waals surface area contributed by atoms with Gasteiger partial charge < -0.3 is 10.2 Å². The van der Waals surface area contributed by atoms with Crippen LogP contribution in [0.5, 0.6) is 0 Å². The van der Waals surface area contributed by atoms with Gasteiger partial charge in [0.1, 0.15) is 4.21 Å². The number of halogens is 1. The summed E-state index contributed by atoms with van der Waals surface area (Å²) in [4.78, 5) is 7.36. The van der Waals surface area contributed by atoms with Crippen LogP contribution in [0, 0.1) is 0 Å². The third-order valence-corrected chi connectivity index (χ3v) is 8.25. The summed E-state index contributed by atoms with van der Waals surface area (Å²) in [6.07, 6.45) is 3.01. The van der Waals surface area contributed by atoms with E-state index in [1.807, 2.05) is 36.2 Å². The standard InChI is InChI=1S/C20H28N4O2S2.HI/c1-21-20(23(2)16-17-9-5-3-6-10-17)22-15-18-11-12-19(27-18)28(25,26)24-13-7-4-8-14-24;/h3,5-6,9-12H,4,7-8,13-16H2,1-2H3,(H,21,22);1H. The summed E-state index contributed by atoms with van der Waals surface area (Å²) < 4.78 is 27.6. The molecule has 0 atom stereocenters. The molecule has 1 saturated heterocycles. The van der Waals surface area contributed by atoms with E-state index in [0.29, 0.717) is 23.8 Å². The van der Waals surface area contributed by atoms with Crippen LogP contribution < -0.4 is 5.32 Å². The van der Waals surface area contributed by atoms with Crippen molar-refractivity contribution in [3.63, 3.8) is 0 Å². The molecule has 6 nitrogen and oxygen atoms in total. The molecule has 1 aliphatic heterocycles. The molecule has 0 spiro atoms. The number of hydrogen-bond acceptors (Lipinski definition) is 4. The highest BCUT2D eigenvalue weighted by Crippen LogP contribution is 2.27. The summed E-state index contributed by atoms with van der Waals surface area (Å²) in [6, 6.07) is 13.8. The van der Waals surface area contributed by atoms with Gasteiger partial charge in [0.25, 0.3) is 10.0 Å². The zero-order valence-electron chi connectivity index (χ0n) is 16.9. The average Bonchev–Trinajstić information content (AvgIpc) is 3.20. The second kappa shape index (κ2) is 11.3. The molecule has 1 aliphatic rings. The fraction of sp³-hybridized carbons (Fsp3) is 0.450. The zero-order valence-corrected chi connectivity index (χ0v) is 20.8. The van der Waals surface area contributed by atoms with Gasteiger partial charge in [-0.2, -0.15) is 4.31 Å². The fourth-order valence-corrected chi connectivity index (χ4v) is 6.27. The summed E-state index contributed by atoms with van der Waals surface area (Å²) in [5.41, 5.74) is 1.21.